The number of aryl methyl sites for hydroxylation is 2. The molecule has 0 bridgehead atoms. The Hall–Kier alpha value is -1.45. The van der Waals surface area contributed by atoms with Crippen molar-refractivity contribution in [3.8, 4) is 0 Å². The van der Waals surface area contributed by atoms with Gasteiger partial charge in [0.2, 0.25) is 0 Å². The smallest absolute Gasteiger partial charge is 0.158 e. The first-order chi connectivity index (χ1) is 6.70. The molecular weight excluding hydrogens is 181 g/mol. The maximum Gasteiger partial charge on any atom is 0.158 e. The van der Waals surface area contributed by atoms with Gasteiger partial charge < -0.3 is 0 Å². The molecule has 0 unspecified atom stereocenters. The van der Waals surface area contributed by atoms with E-state index in [9.17, 15) is 4.39 Å². The Morgan fingerprint density at radius 3 is 3.00 bits per heavy atom. The molecule has 2 heterocycles. The third-order valence-electron chi connectivity index (χ3n) is 2.12. The molecule has 74 valence electrons. The zero-order valence-corrected chi connectivity index (χ0v) is 8.29. The fourth-order valence-electron chi connectivity index (χ4n) is 1.51. The van der Waals surface area contributed by atoms with Crippen LogP contribution in [0.4, 0.5) is 4.39 Å². The summed E-state index contributed by atoms with van der Waals surface area (Å²) in [5, 5.41) is 4.14. The number of hydrogen-bond acceptors (Lipinski definition) is 2. The number of aromatic nitrogens is 3. The summed E-state index contributed by atoms with van der Waals surface area (Å²) in [5.41, 5.74) is 1.27. The Morgan fingerprint density at radius 1 is 1.50 bits per heavy atom. The Kier molecular flexibility index (Phi) is 2.19. The van der Waals surface area contributed by atoms with E-state index in [2.05, 4.69) is 10.1 Å². The van der Waals surface area contributed by atoms with Crippen LogP contribution >= 0.6 is 0 Å². The van der Waals surface area contributed by atoms with E-state index in [-0.39, 0.29) is 5.82 Å². The SMILES string of the molecule is CCCc1cn2nc(C)nc2cc1F. The lowest BCUT2D eigenvalue weighted by atomic mass is 10.1. The first-order valence-electron chi connectivity index (χ1n) is 4.72. The van der Waals surface area contributed by atoms with E-state index in [4.69, 9.17) is 0 Å². The van der Waals surface area contributed by atoms with Crippen molar-refractivity contribution in [2.45, 2.75) is 26.7 Å². The van der Waals surface area contributed by atoms with E-state index in [0.29, 0.717) is 17.0 Å². The van der Waals surface area contributed by atoms with Gasteiger partial charge in [-0.15, -0.1) is 0 Å². The highest BCUT2D eigenvalue weighted by molar-refractivity contribution is 5.39. The van der Waals surface area contributed by atoms with Gasteiger partial charge in [0.1, 0.15) is 11.6 Å². The largest absolute Gasteiger partial charge is 0.220 e. The number of fused-ring (bicyclic) bond motifs is 1. The molecule has 14 heavy (non-hydrogen) atoms. The van der Waals surface area contributed by atoms with Gasteiger partial charge in [-0.05, 0) is 13.3 Å². The molecule has 0 amide bonds. The third-order valence-corrected chi connectivity index (χ3v) is 2.12. The highest BCUT2D eigenvalue weighted by atomic mass is 19.1. The minimum atomic E-state index is -0.188. The Morgan fingerprint density at radius 2 is 2.29 bits per heavy atom. The van der Waals surface area contributed by atoms with Crippen molar-refractivity contribution in [2.75, 3.05) is 0 Å². The van der Waals surface area contributed by atoms with Crippen molar-refractivity contribution < 1.29 is 4.39 Å². The average Bonchev–Trinajstić information content (AvgIpc) is 2.45. The van der Waals surface area contributed by atoms with Crippen LogP contribution in [0.2, 0.25) is 0 Å². The summed E-state index contributed by atoms with van der Waals surface area (Å²) in [6.07, 6.45) is 3.38. The van der Waals surface area contributed by atoms with Gasteiger partial charge in [0, 0.05) is 17.8 Å². The first kappa shape index (κ1) is 9.12. The molecule has 0 aliphatic rings. The molecule has 0 aromatic carbocycles. The van der Waals surface area contributed by atoms with E-state index in [1.54, 1.807) is 17.6 Å². The predicted octanol–water partition coefficient (Wildman–Crippen LogP) is 2.13. The molecule has 3 nitrogen and oxygen atoms in total. The van der Waals surface area contributed by atoms with Crippen molar-refractivity contribution in [1.82, 2.24) is 14.6 Å². The first-order valence-corrected chi connectivity index (χ1v) is 4.72. The molecule has 0 aliphatic heterocycles. The Labute approximate surface area is 81.6 Å². The monoisotopic (exact) mass is 193 g/mol. The second-order valence-electron chi connectivity index (χ2n) is 3.36. The zero-order valence-electron chi connectivity index (χ0n) is 8.29. The van der Waals surface area contributed by atoms with Gasteiger partial charge in [-0.1, -0.05) is 13.3 Å². The number of halogens is 1. The summed E-state index contributed by atoms with van der Waals surface area (Å²) >= 11 is 0. The van der Waals surface area contributed by atoms with Crippen molar-refractivity contribution in [3.05, 3.63) is 29.5 Å². The van der Waals surface area contributed by atoms with Crippen molar-refractivity contribution >= 4 is 5.65 Å². The molecule has 0 saturated heterocycles. The van der Waals surface area contributed by atoms with E-state index in [1.165, 1.54) is 6.07 Å². The van der Waals surface area contributed by atoms with E-state index >= 15 is 0 Å². The number of rotatable bonds is 2. The molecule has 0 radical (unpaired) electrons. The molecule has 2 rings (SSSR count). The molecule has 0 spiro atoms. The second-order valence-corrected chi connectivity index (χ2v) is 3.36. The van der Waals surface area contributed by atoms with Crippen LogP contribution in [0.5, 0.6) is 0 Å². The van der Waals surface area contributed by atoms with E-state index < -0.39 is 0 Å². The highest BCUT2D eigenvalue weighted by Crippen LogP contribution is 2.12. The number of hydrogen-bond donors (Lipinski definition) is 0. The van der Waals surface area contributed by atoms with Crippen LogP contribution in [-0.2, 0) is 6.42 Å². The van der Waals surface area contributed by atoms with Gasteiger partial charge in [-0.2, -0.15) is 5.10 Å². The minimum absolute atomic E-state index is 0.188. The van der Waals surface area contributed by atoms with Crippen LogP contribution in [0.1, 0.15) is 24.7 Å². The lowest BCUT2D eigenvalue weighted by molar-refractivity contribution is 0.603. The third kappa shape index (κ3) is 1.47. The van der Waals surface area contributed by atoms with Gasteiger partial charge in [0.25, 0.3) is 0 Å². The average molecular weight is 193 g/mol. The number of pyridine rings is 1. The van der Waals surface area contributed by atoms with Gasteiger partial charge in [0.15, 0.2) is 5.65 Å². The predicted molar refractivity (Wildman–Crippen MR) is 51.7 cm³/mol. The second kappa shape index (κ2) is 3.36. The van der Waals surface area contributed by atoms with E-state index in [0.717, 1.165) is 12.8 Å². The van der Waals surface area contributed by atoms with Crippen LogP contribution < -0.4 is 0 Å². The van der Waals surface area contributed by atoms with Gasteiger partial charge in [0.05, 0.1) is 0 Å². The van der Waals surface area contributed by atoms with Crippen LogP contribution in [0.15, 0.2) is 12.3 Å². The van der Waals surface area contributed by atoms with Crippen LogP contribution in [0.25, 0.3) is 5.65 Å². The van der Waals surface area contributed by atoms with Crippen molar-refractivity contribution in [3.63, 3.8) is 0 Å². The van der Waals surface area contributed by atoms with Gasteiger partial charge >= 0.3 is 0 Å². The van der Waals surface area contributed by atoms with Crippen molar-refractivity contribution in [2.24, 2.45) is 0 Å². The van der Waals surface area contributed by atoms with Gasteiger partial charge in [-0.3, -0.25) is 0 Å². The summed E-state index contributed by atoms with van der Waals surface area (Å²) in [6, 6.07) is 1.44. The standard InChI is InChI=1S/C10H12FN3/c1-3-4-8-6-14-10(5-9(8)11)12-7(2)13-14/h5-6H,3-4H2,1-2H3. The van der Waals surface area contributed by atoms with Gasteiger partial charge in [-0.25, -0.2) is 13.9 Å². The summed E-state index contributed by atoms with van der Waals surface area (Å²) in [5.74, 6) is 0.477. The quantitative estimate of drug-likeness (QED) is 0.731. The van der Waals surface area contributed by atoms with Crippen LogP contribution in [0, 0.1) is 12.7 Å². The highest BCUT2D eigenvalue weighted by Gasteiger charge is 2.06. The summed E-state index contributed by atoms with van der Waals surface area (Å²) in [4.78, 5) is 4.09. The normalized spacial score (nSPS) is 11.1. The van der Waals surface area contributed by atoms with E-state index in [1.807, 2.05) is 6.92 Å². The maximum atomic E-state index is 13.4. The van der Waals surface area contributed by atoms with Crippen molar-refractivity contribution in [1.29, 1.82) is 0 Å². The molecule has 2 aromatic rings. The molecular formula is C10H12FN3. The molecule has 0 atom stereocenters. The van der Waals surface area contributed by atoms with Crippen LogP contribution in [-0.4, -0.2) is 14.6 Å². The lowest BCUT2D eigenvalue weighted by Gasteiger charge is -2.00. The topological polar surface area (TPSA) is 30.2 Å². The Balaban J connectivity index is 2.58. The lowest BCUT2D eigenvalue weighted by Crippen LogP contribution is -1.96. The summed E-state index contributed by atoms with van der Waals surface area (Å²) < 4.78 is 15.1. The Bertz CT molecular complexity index is 462. The molecule has 4 heteroatoms. The molecule has 0 saturated carbocycles. The zero-order chi connectivity index (χ0) is 10.1. The van der Waals surface area contributed by atoms with Crippen LogP contribution in [0.3, 0.4) is 0 Å². The fraction of sp³-hybridized carbons (Fsp3) is 0.400. The fourth-order valence-corrected chi connectivity index (χ4v) is 1.51. The summed E-state index contributed by atoms with van der Waals surface area (Å²) in [7, 11) is 0. The maximum absolute atomic E-state index is 13.4. The summed E-state index contributed by atoms with van der Waals surface area (Å²) in [6.45, 7) is 3.82. The molecule has 0 aliphatic carbocycles. The molecule has 0 N–H and O–H groups in total. The minimum Gasteiger partial charge on any atom is -0.220 e. The molecule has 0 fully saturated rings. The molecule has 2 aromatic heterocycles. The number of nitrogens with zero attached hydrogens (tertiary/aromatic N) is 3.